The van der Waals surface area contributed by atoms with Crippen LogP contribution in [0.2, 0.25) is 0 Å². The summed E-state index contributed by atoms with van der Waals surface area (Å²) >= 11 is 0. The zero-order valence-electron chi connectivity index (χ0n) is 26.0. The van der Waals surface area contributed by atoms with Gasteiger partial charge >= 0.3 is 11.9 Å². The Kier molecular flexibility index (Phi) is 13.3. The number of likely N-dealkylation sites (N-methyl/N-ethyl adjacent to an activating group) is 1. The quantitative estimate of drug-likeness (QED) is 0.215. The molecule has 0 heterocycles. The van der Waals surface area contributed by atoms with E-state index in [-0.39, 0.29) is 18.4 Å². The van der Waals surface area contributed by atoms with Crippen molar-refractivity contribution in [2.24, 2.45) is 27.1 Å². The predicted molar refractivity (Wildman–Crippen MR) is 146 cm³/mol. The van der Waals surface area contributed by atoms with Gasteiger partial charge in [-0.2, -0.15) is 0 Å². The smallest absolute Gasteiger partial charge is 0.312 e. The summed E-state index contributed by atoms with van der Waals surface area (Å²) in [6.45, 7) is 20.6. The van der Waals surface area contributed by atoms with Gasteiger partial charge in [0.15, 0.2) is 0 Å². The summed E-state index contributed by atoms with van der Waals surface area (Å²) in [4.78, 5) is 40.6. The van der Waals surface area contributed by atoms with Crippen LogP contribution < -0.4 is 10.0 Å². The van der Waals surface area contributed by atoms with Gasteiger partial charge in [-0.3, -0.25) is 9.59 Å². The lowest BCUT2D eigenvalue weighted by atomic mass is 9.50. The largest absolute Gasteiger partial charge is 0.550 e. The standard InChI is InChI=1S/C30H57NO6/c1-13-16-19-36-24(34)26(4,5)21-28(8,9)30(17-14-2,23(32)33)22-27(6,7)29(10,15-3)25(35)37-20-18-31(11)12/h13-22H2,1-12H3,(H,32,33). The van der Waals surface area contributed by atoms with Crippen LogP contribution >= 0.6 is 0 Å². The van der Waals surface area contributed by atoms with Crippen LogP contribution in [-0.2, 0) is 23.9 Å². The van der Waals surface area contributed by atoms with E-state index in [4.69, 9.17) is 9.47 Å². The normalized spacial score (nSPS) is 16.1. The Bertz CT molecular complexity index is 757. The molecule has 0 aliphatic rings. The van der Waals surface area contributed by atoms with Crippen molar-refractivity contribution < 1.29 is 33.9 Å². The third kappa shape index (κ3) is 8.69. The fourth-order valence-electron chi connectivity index (χ4n) is 5.75. The van der Waals surface area contributed by atoms with Crippen LogP contribution in [0.3, 0.4) is 0 Å². The number of rotatable bonds is 18. The summed E-state index contributed by atoms with van der Waals surface area (Å²) < 4.78 is 11.2. The van der Waals surface area contributed by atoms with E-state index < -0.39 is 33.0 Å². The second-order valence-corrected chi connectivity index (χ2v) is 13.4. The predicted octanol–water partition coefficient (Wildman–Crippen LogP) is 3.83. The molecule has 0 aromatic carbocycles. The maximum atomic E-state index is 13.4. The molecule has 0 spiro atoms. The Morgan fingerprint density at radius 2 is 1.30 bits per heavy atom. The highest BCUT2D eigenvalue weighted by atomic mass is 16.5. The monoisotopic (exact) mass is 527 g/mol. The van der Waals surface area contributed by atoms with Crippen LogP contribution in [0, 0.1) is 27.1 Å². The first-order chi connectivity index (χ1) is 16.8. The molecule has 0 aliphatic carbocycles. The van der Waals surface area contributed by atoms with Crippen molar-refractivity contribution in [2.45, 2.75) is 114 Å². The minimum absolute atomic E-state index is 0.225. The summed E-state index contributed by atoms with van der Waals surface area (Å²) in [7, 11) is 4.00. The molecule has 0 saturated heterocycles. The van der Waals surface area contributed by atoms with Crippen molar-refractivity contribution in [3.63, 3.8) is 0 Å². The van der Waals surface area contributed by atoms with Gasteiger partial charge in [0.05, 0.1) is 31.5 Å². The van der Waals surface area contributed by atoms with Crippen molar-refractivity contribution >= 4 is 17.9 Å². The molecule has 1 N–H and O–H groups in total. The molecule has 0 fully saturated rings. The second-order valence-electron chi connectivity index (χ2n) is 13.4. The van der Waals surface area contributed by atoms with Crippen molar-refractivity contribution in [2.75, 3.05) is 33.9 Å². The summed E-state index contributed by atoms with van der Waals surface area (Å²) in [5.74, 6) is -1.75. The van der Waals surface area contributed by atoms with E-state index in [9.17, 15) is 19.5 Å². The minimum Gasteiger partial charge on any atom is -0.550 e. The third-order valence-electron chi connectivity index (χ3n) is 8.76. The molecule has 7 nitrogen and oxygen atoms in total. The van der Waals surface area contributed by atoms with E-state index >= 15 is 0 Å². The molecule has 0 radical (unpaired) electrons. The number of unbranched alkanes of at least 4 members (excludes halogenated alkanes) is 1. The molecule has 37 heavy (non-hydrogen) atoms. The molecule has 2 atom stereocenters. The van der Waals surface area contributed by atoms with Gasteiger partial charge < -0.3 is 24.3 Å². The van der Waals surface area contributed by atoms with Crippen molar-refractivity contribution in [3.05, 3.63) is 0 Å². The molecular formula is C30H57NO6. The van der Waals surface area contributed by atoms with Gasteiger partial charge in [-0.1, -0.05) is 61.3 Å². The molecule has 7 heteroatoms. The molecule has 0 aromatic heterocycles. The van der Waals surface area contributed by atoms with E-state index in [1.54, 1.807) is 0 Å². The Morgan fingerprint density at radius 1 is 0.757 bits per heavy atom. The average Bonchev–Trinajstić information content (AvgIpc) is 2.76. The number of esters is 2. The van der Waals surface area contributed by atoms with Crippen molar-refractivity contribution in [3.8, 4) is 0 Å². The average molecular weight is 528 g/mol. The van der Waals surface area contributed by atoms with Gasteiger partial charge in [0, 0.05) is 11.4 Å². The molecule has 0 amide bonds. The SMILES string of the molecule is CCCCOC(=O)C(C)(C)CC(C)(C)C(CCC)(CC(C)(C)C(C)(CC)C(=O)OCC[NH+](C)C)C(=O)[O-]. The number of hydrogen-bond donors (Lipinski definition) is 1. The molecule has 0 saturated carbocycles. The zero-order chi connectivity index (χ0) is 29.3. The third-order valence-corrected chi connectivity index (χ3v) is 8.76. The number of carbonyl (C=O) groups is 3. The van der Waals surface area contributed by atoms with E-state index in [0.717, 1.165) is 12.8 Å². The van der Waals surface area contributed by atoms with Crippen molar-refractivity contribution in [1.29, 1.82) is 0 Å². The van der Waals surface area contributed by atoms with Gasteiger partial charge in [-0.15, -0.1) is 0 Å². The Balaban J connectivity index is 6.35. The highest BCUT2D eigenvalue weighted by Gasteiger charge is 2.56. The molecular weight excluding hydrogens is 470 g/mol. The Morgan fingerprint density at radius 3 is 1.73 bits per heavy atom. The topological polar surface area (TPSA) is 97.2 Å². The van der Waals surface area contributed by atoms with Crippen molar-refractivity contribution in [1.82, 2.24) is 0 Å². The summed E-state index contributed by atoms with van der Waals surface area (Å²) in [5, 5.41) is 13.1. The summed E-state index contributed by atoms with van der Waals surface area (Å²) in [6, 6.07) is 0. The summed E-state index contributed by atoms with van der Waals surface area (Å²) in [6.07, 6.45) is 3.78. The van der Waals surface area contributed by atoms with E-state index in [2.05, 4.69) is 0 Å². The maximum Gasteiger partial charge on any atom is 0.312 e. The number of carboxylic acid groups (broad SMARTS) is 1. The number of carboxylic acids is 1. The number of nitrogens with one attached hydrogen (secondary N) is 1. The van der Waals surface area contributed by atoms with Crippen LogP contribution in [0.25, 0.3) is 0 Å². The number of quaternary nitrogens is 1. The first kappa shape index (κ1) is 35.4. The molecule has 0 bridgehead atoms. The molecule has 0 rings (SSSR count). The number of carbonyl (C=O) groups excluding carboxylic acids is 3. The Hall–Kier alpha value is -1.63. The lowest BCUT2D eigenvalue weighted by Gasteiger charge is -2.55. The second kappa shape index (κ2) is 14.0. The first-order valence-corrected chi connectivity index (χ1v) is 14.1. The highest BCUT2D eigenvalue weighted by Crippen LogP contribution is 2.58. The van der Waals surface area contributed by atoms with Crippen LogP contribution in [-0.4, -0.2) is 51.8 Å². The number of aliphatic carboxylic acids is 1. The van der Waals surface area contributed by atoms with Crippen LogP contribution in [0.5, 0.6) is 0 Å². The number of ether oxygens (including phenoxy) is 2. The first-order valence-electron chi connectivity index (χ1n) is 14.1. The van der Waals surface area contributed by atoms with E-state index in [0.29, 0.717) is 45.4 Å². The van der Waals surface area contributed by atoms with E-state index in [1.165, 1.54) is 4.90 Å². The fourth-order valence-corrected chi connectivity index (χ4v) is 5.75. The molecule has 218 valence electrons. The van der Waals surface area contributed by atoms with Gasteiger partial charge in [0.1, 0.15) is 13.2 Å². The lowest BCUT2D eigenvalue weighted by Crippen LogP contribution is -3.06. The summed E-state index contributed by atoms with van der Waals surface area (Å²) in [5.41, 5.74) is -4.58. The van der Waals surface area contributed by atoms with Gasteiger partial charge in [-0.25, -0.2) is 0 Å². The number of hydrogen-bond acceptors (Lipinski definition) is 6. The Labute approximate surface area is 227 Å². The van der Waals surface area contributed by atoms with E-state index in [1.807, 2.05) is 83.3 Å². The zero-order valence-corrected chi connectivity index (χ0v) is 26.0. The fraction of sp³-hybridized carbons (Fsp3) is 0.900. The minimum atomic E-state index is -1.27. The lowest BCUT2D eigenvalue weighted by molar-refractivity contribution is -0.858. The molecule has 0 aliphatic heterocycles. The molecule has 0 aromatic rings. The van der Waals surface area contributed by atoms with Crippen LogP contribution in [0.1, 0.15) is 114 Å². The highest BCUT2D eigenvalue weighted by molar-refractivity contribution is 5.79. The van der Waals surface area contributed by atoms with Gasteiger partial charge in [-0.05, 0) is 63.7 Å². The van der Waals surface area contributed by atoms with Gasteiger partial charge in [0.2, 0.25) is 0 Å². The maximum absolute atomic E-state index is 13.4. The van der Waals surface area contributed by atoms with Crippen LogP contribution in [0.15, 0.2) is 0 Å². The molecule has 2 unspecified atom stereocenters. The van der Waals surface area contributed by atoms with Crippen LogP contribution in [0.4, 0.5) is 0 Å². The van der Waals surface area contributed by atoms with Gasteiger partial charge in [0.25, 0.3) is 0 Å².